The van der Waals surface area contributed by atoms with E-state index in [1.807, 2.05) is 6.92 Å². The Bertz CT molecular complexity index is 330. The number of carbonyl (C=O) groups excluding carboxylic acids is 1. The highest BCUT2D eigenvalue weighted by atomic mass is 16.1. The van der Waals surface area contributed by atoms with Crippen molar-refractivity contribution in [2.75, 3.05) is 13.1 Å². The second-order valence-electron chi connectivity index (χ2n) is 3.91. The van der Waals surface area contributed by atoms with Crippen molar-refractivity contribution in [3.63, 3.8) is 0 Å². The van der Waals surface area contributed by atoms with E-state index in [4.69, 9.17) is 0 Å². The lowest BCUT2D eigenvalue weighted by Crippen LogP contribution is -2.30. The molecule has 0 aromatic carbocycles. The molecule has 1 aliphatic rings. The lowest BCUT2D eigenvalue weighted by atomic mass is 9.83. The summed E-state index contributed by atoms with van der Waals surface area (Å²) in [5.41, 5.74) is 0.175. The number of carbonyl (C=O) groups is 1. The van der Waals surface area contributed by atoms with Gasteiger partial charge in [-0.1, -0.05) is 6.92 Å². The SMILES string of the molecule is CC1(C(=O)c2cnccn2)CCNC1. The monoisotopic (exact) mass is 191 g/mol. The summed E-state index contributed by atoms with van der Waals surface area (Å²) in [5.74, 6) is 0.0931. The Morgan fingerprint density at radius 1 is 1.57 bits per heavy atom. The molecule has 1 saturated heterocycles. The third kappa shape index (κ3) is 1.53. The molecule has 0 spiro atoms. The zero-order chi connectivity index (χ0) is 10.0. The second-order valence-corrected chi connectivity index (χ2v) is 3.91. The van der Waals surface area contributed by atoms with E-state index in [2.05, 4.69) is 15.3 Å². The molecule has 4 nitrogen and oxygen atoms in total. The fourth-order valence-corrected chi connectivity index (χ4v) is 1.74. The first kappa shape index (κ1) is 9.27. The van der Waals surface area contributed by atoms with Gasteiger partial charge in [-0.25, -0.2) is 4.98 Å². The fraction of sp³-hybridized carbons (Fsp3) is 0.500. The molecule has 4 heteroatoms. The minimum Gasteiger partial charge on any atom is -0.316 e. The quantitative estimate of drug-likeness (QED) is 0.698. The van der Waals surface area contributed by atoms with E-state index in [0.29, 0.717) is 5.69 Å². The van der Waals surface area contributed by atoms with E-state index in [1.54, 1.807) is 12.4 Å². The number of aromatic nitrogens is 2. The highest BCUT2D eigenvalue weighted by molar-refractivity contribution is 5.98. The first-order valence-electron chi connectivity index (χ1n) is 4.74. The van der Waals surface area contributed by atoms with Gasteiger partial charge in [-0.2, -0.15) is 0 Å². The van der Waals surface area contributed by atoms with Crippen molar-refractivity contribution in [1.82, 2.24) is 15.3 Å². The van der Waals surface area contributed by atoms with E-state index in [1.165, 1.54) is 6.20 Å². The standard InChI is InChI=1S/C10H13N3O/c1-10(2-3-12-7-10)9(14)8-6-11-4-5-13-8/h4-6,12H,2-3,7H2,1H3. The largest absolute Gasteiger partial charge is 0.316 e. The summed E-state index contributed by atoms with van der Waals surface area (Å²) in [7, 11) is 0. The van der Waals surface area contributed by atoms with Crippen molar-refractivity contribution in [1.29, 1.82) is 0 Å². The normalized spacial score (nSPS) is 26.4. The molecular weight excluding hydrogens is 178 g/mol. The molecule has 14 heavy (non-hydrogen) atoms. The van der Waals surface area contributed by atoms with Crippen molar-refractivity contribution in [2.45, 2.75) is 13.3 Å². The minimum absolute atomic E-state index is 0.0931. The topological polar surface area (TPSA) is 54.9 Å². The Hall–Kier alpha value is -1.29. The Labute approximate surface area is 82.8 Å². The molecule has 0 radical (unpaired) electrons. The van der Waals surface area contributed by atoms with Crippen LogP contribution in [0.3, 0.4) is 0 Å². The van der Waals surface area contributed by atoms with E-state index < -0.39 is 0 Å². The van der Waals surface area contributed by atoms with Gasteiger partial charge in [0.15, 0.2) is 5.78 Å². The van der Waals surface area contributed by atoms with Crippen molar-refractivity contribution >= 4 is 5.78 Å². The second kappa shape index (κ2) is 3.46. The first-order valence-corrected chi connectivity index (χ1v) is 4.74. The minimum atomic E-state index is -0.296. The third-order valence-electron chi connectivity index (χ3n) is 2.71. The van der Waals surface area contributed by atoms with Crippen LogP contribution >= 0.6 is 0 Å². The van der Waals surface area contributed by atoms with Crippen molar-refractivity contribution in [3.05, 3.63) is 24.3 Å². The van der Waals surface area contributed by atoms with Gasteiger partial charge in [-0.05, 0) is 13.0 Å². The van der Waals surface area contributed by atoms with Gasteiger partial charge < -0.3 is 5.32 Å². The average molecular weight is 191 g/mol. The number of ketones is 1. The van der Waals surface area contributed by atoms with E-state index >= 15 is 0 Å². The molecule has 0 bridgehead atoms. The molecule has 2 heterocycles. The van der Waals surface area contributed by atoms with Crippen LogP contribution < -0.4 is 5.32 Å². The maximum absolute atomic E-state index is 12.0. The summed E-state index contributed by atoms with van der Waals surface area (Å²) >= 11 is 0. The fourth-order valence-electron chi connectivity index (χ4n) is 1.74. The van der Waals surface area contributed by atoms with E-state index in [0.717, 1.165) is 19.5 Å². The maximum Gasteiger partial charge on any atom is 0.189 e. The molecule has 1 fully saturated rings. The van der Waals surface area contributed by atoms with Gasteiger partial charge in [0.25, 0.3) is 0 Å². The van der Waals surface area contributed by atoms with Crippen LogP contribution in [-0.2, 0) is 0 Å². The smallest absolute Gasteiger partial charge is 0.189 e. The summed E-state index contributed by atoms with van der Waals surface area (Å²) in [5, 5.41) is 3.19. The number of nitrogens with zero attached hydrogens (tertiary/aromatic N) is 2. The van der Waals surface area contributed by atoms with Gasteiger partial charge in [0.1, 0.15) is 5.69 Å². The highest BCUT2D eigenvalue weighted by Crippen LogP contribution is 2.28. The predicted octanol–water partition coefficient (Wildman–Crippen LogP) is 0.659. The molecule has 1 aromatic rings. The molecule has 0 saturated carbocycles. The number of hydrogen-bond acceptors (Lipinski definition) is 4. The zero-order valence-electron chi connectivity index (χ0n) is 8.16. The summed E-state index contributed by atoms with van der Waals surface area (Å²) in [4.78, 5) is 20.0. The molecule has 1 aromatic heterocycles. The highest BCUT2D eigenvalue weighted by Gasteiger charge is 2.37. The van der Waals surface area contributed by atoms with E-state index in [-0.39, 0.29) is 11.2 Å². The third-order valence-corrected chi connectivity index (χ3v) is 2.71. The maximum atomic E-state index is 12.0. The van der Waals surface area contributed by atoms with E-state index in [9.17, 15) is 4.79 Å². The summed E-state index contributed by atoms with van der Waals surface area (Å²) < 4.78 is 0. The number of rotatable bonds is 2. The van der Waals surface area contributed by atoms with Crippen molar-refractivity contribution < 1.29 is 4.79 Å². The summed E-state index contributed by atoms with van der Waals surface area (Å²) in [6.45, 7) is 3.62. The van der Waals surface area contributed by atoms with Crippen LogP contribution in [0.15, 0.2) is 18.6 Å². The van der Waals surface area contributed by atoms with Gasteiger partial charge in [0, 0.05) is 24.4 Å². The van der Waals surface area contributed by atoms with Gasteiger partial charge >= 0.3 is 0 Å². The molecular formula is C10H13N3O. The molecule has 0 amide bonds. The molecule has 1 atom stereocenters. The molecule has 2 rings (SSSR count). The predicted molar refractivity (Wildman–Crippen MR) is 52.0 cm³/mol. The van der Waals surface area contributed by atoms with Crippen LogP contribution in [0.25, 0.3) is 0 Å². The summed E-state index contributed by atoms with van der Waals surface area (Å²) in [6.07, 6.45) is 5.54. The van der Waals surface area contributed by atoms with Crippen LogP contribution in [0, 0.1) is 5.41 Å². The average Bonchev–Trinajstić information content (AvgIpc) is 2.67. The Balaban J connectivity index is 2.24. The molecule has 1 unspecified atom stereocenters. The molecule has 0 aliphatic carbocycles. The summed E-state index contributed by atoms with van der Waals surface area (Å²) in [6, 6.07) is 0. The van der Waals surface area contributed by atoms with Crippen LogP contribution in [0.5, 0.6) is 0 Å². The Morgan fingerprint density at radius 2 is 2.43 bits per heavy atom. The molecule has 1 N–H and O–H groups in total. The Morgan fingerprint density at radius 3 is 3.00 bits per heavy atom. The first-order chi connectivity index (χ1) is 6.72. The lowest BCUT2D eigenvalue weighted by molar-refractivity contribution is 0.0833. The zero-order valence-corrected chi connectivity index (χ0v) is 8.16. The lowest BCUT2D eigenvalue weighted by Gasteiger charge is -2.19. The number of nitrogens with one attached hydrogen (secondary N) is 1. The van der Waals surface area contributed by atoms with Crippen molar-refractivity contribution in [2.24, 2.45) is 5.41 Å². The van der Waals surface area contributed by atoms with Crippen LogP contribution in [0.2, 0.25) is 0 Å². The van der Waals surface area contributed by atoms with Crippen LogP contribution in [-0.4, -0.2) is 28.8 Å². The number of hydrogen-bond donors (Lipinski definition) is 1. The molecule has 1 aliphatic heterocycles. The van der Waals surface area contributed by atoms with Gasteiger partial charge in [0.05, 0.1) is 6.20 Å². The van der Waals surface area contributed by atoms with Crippen LogP contribution in [0.1, 0.15) is 23.8 Å². The van der Waals surface area contributed by atoms with Gasteiger partial charge in [-0.15, -0.1) is 0 Å². The Kier molecular flexibility index (Phi) is 2.29. The van der Waals surface area contributed by atoms with Gasteiger partial charge in [0.2, 0.25) is 0 Å². The van der Waals surface area contributed by atoms with Crippen LogP contribution in [0.4, 0.5) is 0 Å². The van der Waals surface area contributed by atoms with Gasteiger partial charge in [-0.3, -0.25) is 9.78 Å². The molecule has 74 valence electrons. The van der Waals surface area contributed by atoms with Crippen molar-refractivity contribution in [3.8, 4) is 0 Å². The number of Topliss-reactive ketones (excluding diaryl/α,β-unsaturated/α-hetero) is 1.